The van der Waals surface area contributed by atoms with Gasteiger partial charge in [0.1, 0.15) is 0 Å². The van der Waals surface area contributed by atoms with Crippen molar-refractivity contribution >= 4 is 0 Å². The van der Waals surface area contributed by atoms with Crippen molar-refractivity contribution in [2.45, 2.75) is 67.2 Å². The van der Waals surface area contributed by atoms with E-state index >= 15 is 0 Å². The molecule has 0 fully saturated rings. The summed E-state index contributed by atoms with van der Waals surface area (Å²) in [6, 6.07) is 0. The van der Waals surface area contributed by atoms with Crippen LogP contribution in [0.3, 0.4) is 0 Å². The van der Waals surface area contributed by atoms with E-state index < -0.39 is 0 Å². The fourth-order valence-electron chi connectivity index (χ4n) is 2.02. The van der Waals surface area contributed by atoms with E-state index in [1.807, 2.05) is 0 Å². The van der Waals surface area contributed by atoms with Crippen LogP contribution in [-0.4, -0.2) is 0 Å². The van der Waals surface area contributed by atoms with Crippen LogP contribution in [0.2, 0.25) is 0 Å². The Morgan fingerprint density at radius 2 is 1.54 bits per heavy atom. The third-order valence-electron chi connectivity index (χ3n) is 3.05. The maximum atomic E-state index is 2.37. The first-order chi connectivity index (χ1) is 5.88. The van der Waals surface area contributed by atoms with Crippen LogP contribution >= 0.6 is 0 Å². The highest BCUT2D eigenvalue weighted by atomic mass is 14.3. The van der Waals surface area contributed by atoms with Crippen molar-refractivity contribution in [3.8, 4) is 0 Å². The molecule has 0 aromatic heterocycles. The Morgan fingerprint density at radius 1 is 1.00 bits per heavy atom. The third kappa shape index (κ3) is 6.12. The molecule has 0 radical (unpaired) electrons. The van der Waals surface area contributed by atoms with E-state index in [0.717, 1.165) is 11.8 Å². The number of rotatable bonds is 5. The summed E-state index contributed by atoms with van der Waals surface area (Å²) in [4.78, 5) is 0. The molecule has 0 heteroatoms. The topological polar surface area (TPSA) is 0 Å². The van der Waals surface area contributed by atoms with Gasteiger partial charge in [-0.25, -0.2) is 0 Å². The summed E-state index contributed by atoms with van der Waals surface area (Å²) in [7, 11) is 0. The van der Waals surface area contributed by atoms with Gasteiger partial charge >= 0.3 is 0 Å². The quantitative estimate of drug-likeness (QED) is 0.571. The Labute approximate surface area is 85.1 Å². The van der Waals surface area contributed by atoms with Gasteiger partial charge < -0.3 is 0 Å². The second kappa shape index (κ2) is 5.67. The Bertz CT molecular complexity index is 116. The average molecular weight is 184 g/mol. The first kappa shape index (κ1) is 13.0. The van der Waals surface area contributed by atoms with Gasteiger partial charge in [-0.05, 0) is 23.7 Å². The summed E-state index contributed by atoms with van der Waals surface area (Å²) >= 11 is 0. The minimum Gasteiger partial charge on any atom is -0.0651 e. The lowest BCUT2D eigenvalue weighted by Gasteiger charge is -2.30. The second-order valence-corrected chi connectivity index (χ2v) is 5.80. The molecule has 0 rings (SSSR count). The summed E-state index contributed by atoms with van der Waals surface area (Å²) in [6.45, 7) is 14.1. The molecule has 0 aliphatic rings. The monoisotopic (exact) mass is 184 g/mol. The molecule has 1 atom stereocenters. The van der Waals surface area contributed by atoms with Crippen LogP contribution in [0.5, 0.6) is 0 Å². The molecule has 0 spiro atoms. The predicted octanol–water partition coefficient (Wildman–Crippen LogP) is 4.89. The van der Waals surface area contributed by atoms with Gasteiger partial charge in [-0.2, -0.15) is 0 Å². The third-order valence-corrected chi connectivity index (χ3v) is 3.05. The predicted molar refractivity (Wildman–Crippen MR) is 61.9 cm³/mol. The highest BCUT2D eigenvalue weighted by molar-refractivity contribution is 4.72. The van der Waals surface area contributed by atoms with Crippen molar-refractivity contribution < 1.29 is 0 Å². The Balaban J connectivity index is 3.73. The molecule has 1 unspecified atom stereocenters. The van der Waals surface area contributed by atoms with Gasteiger partial charge in [0.15, 0.2) is 0 Å². The normalized spacial score (nSPS) is 15.0. The fraction of sp³-hybridized carbons (Fsp3) is 1.00. The first-order valence-electron chi connectivity index (χ1n) is 5.88. The van der Waals surface area contributed by atoms with Gasteiger partial charge in [-0.1, -0.05) is 60.8 Å². The largest absolute Gasteiger partial charge is 0.0651 e. The van der Waals surface area contributed by atoms with E-state index in [1.54, 1.807) is 0 Å². The first-order valence-corrected chi connectivity index (χ1v) is 5.88. The second-order valence-electron chi connectivity index (χ2n) is 5.80. The molecule has 0 nitrogen and oxygen atoms in total. The van der Waals surface area contributed by atoms with Crippen molar-refractivity contribution in [2.24, 2.45) is 17.3 Å². The summed E-state index contributed by atoms with van der Waals surface area (Å²) in [5, 5.41) is 0. The molecule has 0 heterocycles. The van der Waals surface area contributed by atoms with E-state index in [2.05, 4.69) is 41.5 Å². The minimum absolute atomic E-state index is 0.506. The zero-order valence-corrected chi connectivity index (χ0v) is 10.5. The average Bonchev–Trinajstić information content (AvgIpc) is 1.95. The Morgan fingerprint density at radius 3 is 1.85 bits per heavy atom. The summed E-state index contributed by atoms with van der Waals surface area (Å²) in [5.74, 6) is 1.78. The molecule has 0 aliphatic carbocycles. The maximum absolute atomic E-state index is 2.37. The molecule has 80 valence electrons. The Kier molecular flexibility index (Phi) is 5.67. The van der Waals surface area contributed by atoms with Gasteiger partial charge in [-0.3, -0.25) is 0 Å². The molecule has 13 heavy (non-hydrogen) atoms. The fourth-order valence-corrected chi connectivity index (χ4v) is 2.02. The molecular formula is C13H28. The molecule has 0 saturated carbocycles. The molecule has 0 bridgehead atoms. The highest BCUT2D eigenvalue weighted by Gasteiger charge is 2.21. The zero-order chi connectivity index (χ0) is 10.5. The molecule has 0 amide bonds. The smallest absolute Gasteiger partial charge is 0.0354 e. The molecule has 0 N–H and O–H groups in total. The standard InChI is InChI=1S/C13H28/c1-7-12(13(4,5)6)10-8-9-11(2)3/h11-12H,7-10H2,1-6H3. The van der Waals surface area contributed by atoms with Crippen molar-refractivity contribution in [3.05, 3.63) is 0 Å². The maximum Gasteiger partial charge on any atom is -0.0354 e. The van der Waals surface area contributed by atoms with Crippen LogP contribution in [-0.2, 0) is 0 Å². The number of hydrogen-bond donors (Lipinski definition) is 0. The van der Waals surface area contributed by atoms with Crippen LogP contribution in [0.15, 0.2) is 0 Å². The van der Waals surface area contributed by atoms with E-state index in [0.29, 0.717) is 5.41 Å². The van der Waals surface area contributed by atoms with Crippen LogP contribution in [0.4, 0.5) is 0 Å². The van der Waals surface area contributed by atoms with Crippen LogP contribution in [0, 0.1) is 17.3 Å². The molecule has 0 aromatic carbocycles. The van der Waals surface area contributed by atoms with Gasteiger partial charge in [0, 0.05) is 0 Å². The lowest BCUT2D eigenvalue weighted by molar-refractivity contribution is 0.211. The lowest BCUT2D eigenvalue weighted by Crippen LogP contribution is -2.19. The van der Waals surface area contributed by atoms with E-state index in [-0.39, 0.29) is 0 Å². The molecular weight excluding hydrogens is 156 g/mol. The summed E-state index contributed by atoms with van der Waals surface area (Å²) in [5.41, 5.74) is 0.506. The molecule has 0 aliphatic heterocycles. The zero-order valence-electron chi connectivity index (χ0n) is 10.5. The summed E-state index contributed by atoms with van der Waals surface area (Å²) < 4.78 is 0. The van der Waals surface area contributed by atoms with Gasteiger partial charge in [0.2, 0.25) is 0 Å². The van der Waals surface area contributed by atoms with Gasteiger partial charge in [0.05, 0.1) is 0 Å². The Hall–Kier alpha value is 0. The van der Waals surface area contributed by atoms with Crippen LogP contribution < -0.4 is 0 Å². The SMILES string of the molecule is CCC(CCCC(C)C)C(C)(C)C. The molecule has 0 saturated heterocycles. The van der Waals surface area contributed by atoms with E-state index in [1.165, 1.54) is 25.7 Å². The van der Waals surface area contributed by atoms with Crippen molar-refractivity contribution in [1.82, 2.24) is 0 Å². The van der Waals surface area contributed by atoms with Gasteiger partial charge in [0.25, 0.3) is 0 Å². The van der Waals surface area contributed by atoms with Crippen molar-refractivity contribution in [1.29, 1.82) is 0 Å². The molecule has 0 aromatic rings. The van der Waals surface area contributed by atoms with Crippen molar-refractivity contribution in [2.75, 3.05) is 0 Å². The lowest BCUT2D eigenvalue weighted by atomic mass is 9.76. The number of hydrogen-bond acceptors (Lipinski definition) is 0. The van der Waals surface area contributed by atoms with Gasteiger partial charge in [-0.15, -0.1) is 0 Å². The van der Waals surface area contributed by atoms with Crippen LogP contribution in [0.1, 0.15) is 67.2 Å². The van der Waals surface area contributed by atoms with Crippen LogP contribution in [0.25, 0.3) is 0 Å². The highest BCUT2D eigenvalue weighted by Crippen LogP contribution is 2.32. The van der Waals surface area contributed by atoms with E-state index in [4.69, 9.17) is 0 Å². The minimum atomic E-state index is 0.506. The summed E-state index contributed by atoms with van der Waals surface area (Å²) in [6.07, 6.45) is 5.56. The van der Waals surface area contributed by atoms with E-state index in [9.17, 15) is 0 Å². The van der Waals surface area contributed by atoms with Crippen molar-refractivity contribution in [3.63, 3.8) is 0 Å².